The summed E-state index contributed by atoms with van der Waals surface area (Å²) in [5, 5.41) is 12.3. The zero-order valence-corrected chi connectivity index (χ0v) is 9.37. The lowest BCUT2D eigenvalue weighted by Crippen LogP contribution is -2.19. The SMILES string of the molecule is Cc1c(Br)ccc(O)c1NC(N)=S. The molecule has 0 aliphatic heterocycles. The summed E-state index contributed by atoms with van der Waals surface area (Å²) in [6, 6.07) is 3.33. The second kappa shape index (κ2) is 3.93. The van der Waals surface area contributed by atoms with E-state index < -0.39 is 0 Å². The Morgan fingerprint density at radius 2 is 2.23 bits per heavy atom. The monoisotopic (exact) mass is 260 g/mol. The third kappa shape index (κ3) is 2.32. The van der Waals surface area contributed by atoms with Gasteiger partial charge in [0, 0.05) is 4.47 Å². The van der Waals surface area contributed by atoms with E-state index >= 15 is 0 Å². The molecule has 0 bridgehead atoms. The van der Waals surface area contributed by atoms with Crippen molar-refractivity contribution in [3.8, 4) is 5.75 Å². The molecule has 0 amide bonds. The van der Waals surface area contributed by atoms with Crippen molar-refractivity contribution in [2.75, 3.05) is 5.32 Å². The minimum absolute atomic E-state index is 0.133. The molecule has 0 heterocycles. The molecular formula is C8H9BrN2OS. The van der Waals surface area contributed by atoms with Gasteiger partial charge in [-0.05, 0) is 36.8 Å². The summed E-state index contributed by atoms with van der Waals surface area (Å²) in [4.78, 5) is 0. The summed E-state index contributed by atoms with van der Waals surface area (Å²) in [7, 11) is 0. The third-order valence-electron chi connectivity index (χ3n) is 1.63. The number of thiocarbonyl (C=S) groups is 1. The maximum absolute atomic E-state index is 9.47. The zero-order valence-electron chi connectivity index (χ0n) is 6.97. The van der Waals surface area contributed by atoms with Gasteiger partial charge in [0.2, 0.25) is 0 Å². The number of anilines is 1. The number of phenolic OH excluding ortho intramolecular Hbond substituents is 1. The summed E-state index contributed by atoms with van der Waals surface area (Å²) >= 11 is 8.02. The van der Waals surface area contributed by atoms with Gasteiger partial charge in [-0.25, -0.2) is 0 Å². The average molecular weight is 261 g/mol. The molecule has 3 nitrogen and oxygen atoms in total. The van der Waals surface area contributed by atoms with Gasteiger partial charge in [0.15, 0.2) is 5.11 Å². The Balaban J connectivity index is 3.17. The highest BCUT2D eigenvalue weighted by molar-refractivity contribution is 9.10. The van der Waals surface area contributed by atoms with Gasteiger partial charge in [-0.3, -0.25) is 0 Å². The van der Waals surface area contributed by atoms with E-state index in [1.54, 1.807) is 12.1 Å². The van der Waals surface area contributed by atoms with Crippen molar-refractivity contribution in [2.45, 2.75) is 6.92 Å². The lowest BCUT2D eigenvalue weighted by Gasteiger charge is -2.10. The van der Waals surface area contributed by atoms with E-state index in [9.17, 15) is 5.11 Å². The first-order valence-corrected chi connectivity index (χ1v) is 4.77. The summed E-state index contributed by atoms with van der Waals surface area (Å²) in [5.74, 6) is 0.133. The molecule has 0 saturated heterocycles. The largest absolute Gasteiger partial charge is 0.506 e. The second-order valence-corrected chi connectivity index (χ2v) is 3.85. The van der Waals surface area contributed by atoms with Crippen molar-refractivity contribution >= 4 is 38.9 Å². The third-order valence-corrected chi connectivity index (χ3v) is 2.59. The van der Waals surface area contributed by atoms with Gasteiger partial charge in [-0.1, -0.05) is 15.9 Å². The van der Waals surface area contributed by atoms with Crippen molar-refractivity contribution in [3.05, 3.63) is 22.2 Å². The van der Waals surface area contributed by atoms with Crippen LogP contribution in [0.1, 0.15) is 5.56 Å². The maximum Gasteiger partial charge on any atom is 0.168 e. The van der Waals surface area contributed by atoms with Crippen LogP contribution in [0.2, 0.25) is 0 Å². The van der Waals surface area contributed by atoms with Gasteiger partial charge in [0.1, 0.15) is 5.75 Å². The Morgan fingerprint density at radius 3 is 2.77 bits per heavy atom. The van der Waals surface area contributed by atoms with Crippen LogP contribution in [-0.2, 0) is 0 Å². The molecule has 0 aromatic heterocycles. The molecule has 1 aromatic carbocycles. The first kappa shape index (κ1) is 10.3. The fourth-order valence-electron chi connectivity index (χ4n) is 0.953. The number of nitrogens with two attached hydrogens (primary N) is 1. The van der Waals surface area contributed by atoms with Gasteiger partial charge in [-0.15, -0.1) is 0 Å². The van der Waals surface area contributed by atoms with Crippen molar-refractivity contribution < 1.29 is 5.11 Å². The first-order chi connectivity index (χ1) is 6.02. The quantitative estimate of drug-likeness (QED) is 0.535. The van der Waals surface area contributed by atoms with E-state index in [-0.39, 0.29) is 10.9 Å². The molecule has 13 heavy (non-hydrogen) atoms. The van der Waals surface area contributed by atoms with E-state index in [1.807, 2.05) is 6.92 Å². The first-order valence-electron chi connectivity index (χ1n) is 3.57. The van der Waals surface area contributed by atoms with Crippen molar-refractivity contribution in [2.24, 2.45) is 5.73 Å². The normalized spacial score (nSPS) is 9.69. The lowest BCUT2D eigenvalue weighted by molar-refractivity contribution is 0.477. The summed E-state index contributed by atoms with van der Waals surface area (Å²) in [5.41, 5.74) is 6.72. The van der Waals surface area contributed by atoms with Gasteiger partial charge >= 0.3 is 0 Å². The predicted molar refractivity (Wildman–Crippen MR) is 61.0 cm³/mol. The highest BCUT2D eigenvalue weighted by Crippen LogP contribution is 2.32. The van der Waals surface area contributed by atoms with Crippen molar-refractivity contribution in [3.63, 3.8) is 0 Å². The summed E-state index contributed by atoms with van der Waals surface area (Å²) in [6.07, 6.45) is 0. The van der Waals surface area contributed by atoms with E-state index in [1.165, 1.54) is 0 Å². The molecule has 5 heteroatoms. The number of hydrogen-bond acceptors (Lipinski definition) is 2. The summed E-state index contributed by atoms with van der Waals surface area (Å²) in [6.45, 7) is 1.85. The van der Waals surface area contributed by atoms with E-state index in [2.05, 4.69) is 33.5 Å². The molecule has 0 atom stereocenters. The van der Waals surface area contributed by atoms with Crippen LogP contribution in [0.15, 0.2) is 16.6 Å². The number of benzene rings is 1. The fraction of sp³-hybridized carbons (Fsp3) is 0.125. The van der Waals surface area contributed by atoms with E-state index in [0.29, 0.717) is 5.69 Å². The number of aromatic hydroxyl groups is 1. The van der Waals surface area contributed by atoms with Crippen molar-refractivity contribution in [1.29, 1.82) is 0 Å². The molecule has 0 saturated carbocycles. The highest BCUT2D eigenvalue weighted by atomic mass is 79.9. The van der Waals surface area contributed by atoms with Crippen LogP contribution in [-0.4, -0.2) is 10.2 Å². The van der Waals surface area contributed by atoms with Gasteiger partial charge in [0.05, 0.1) is 5.69 Å². The lowest BCUT2D eigenvalue weighted by atomic mass is 10.2. The van der Waals surface area contributed by atoms with Crippen LogP contribution < -0.4 is 11.1 Å². The van der Waals surface area contributed by atoms with Gasteiger partial charge in [0.25, 0.3) is 0 Å². The highest BCUT2D eigenvalue weighted by Gasteiger charge is 2.07. The zero-order chi connectivity index (χ0) is 10.0. The molecule has 1 rings (SSSR count). The molecule has 4 N–H and O–H groups in total. The number of nitrogens with one attached hydrogen (secondary N) is 1. The average Bonchev–Trinajstić information content (AvgIpc) is 2.05. The maximum atomic E-state index is 9.47. The standard InChI is InChI=1S/C8H9BrN2OS/c1-4-5(9)2-3-6(12)7(4)11-8(10)13/h2-3,12H,1H3,(H3,10,11,13). The Bertz CT molecular complexity index is 354. The number of hydrogen-bond donors (Lipinski definition) is 3. The molecule has 0 spiro atoms. The van der Waals surface area contributed by atoms with Crippen LogP contribution in [0, 0.1) is 6.92 Å². The Labute approximate surface area is 90.1 Å². The second-order valence-electron chi connectivity index (χ2n) is 2.56. The topological polar surface area (TPSA) is 58.3 Å². The van der Waals surface area contributed by atoms with Crippen LogP contribution in [0.3, 0.4) is 0 Å². The van der Waals surface area contributed by atoms with Crippen LogP contribution >= 0.6 is 28.1 Å². The number of halogens is 1. The molecule has 0 aliphatic rings. The van der Waals surface area contributed by atoms with Crippen molar-refractivity contribution in [1.82, 2.24) is 0 Å². The molecule has 0 unspecified atom stereocenters. The fourth-order valence-corrected chi connectivity index (χ4v) is 1.39. The van der Waals surface area contributed by atoms with Crippen LogP contribution in [0.5, 0.6) is 5.75 Å². The minimum Gasteiger partial charge on any atom is -0.506 e. The van der Waals surface area contributed by atoms with Gasteiger partial charge < -0.3 is 16.2 Å². The Kier molecular flexibility index (Phi) is 3.11. The minimum atomic E-state index is 0.133. The van der Waals surface area contributed by atoms with E-state index in [0.717, 1.165) is 10.0 Å². The Morgan fingerprint density at radius 1 is 1.62 bits per heavy atom. The van der Waals surface area contributed by atoms with Gasteiger partial charge in [-0.2, -0.15) is 0 Å². The summed E-state index contributed by atoms with van der Waals surface area (Å²) < 4.78 is 0.893. The van der Waals surface area contributed by atoms with Crippen LogP contribution in [0.25, 0.3) is 0 Å². The molecule has 0 radical (unpaired) electrons. The smallest absolute Gasteiger partial charge is 0.168 e. The molecule has 0 fully saturated rings. The predicted octanol–water partition coefficient (Wildman–Crippen LogP) is 2.12. The Hall–Kier alpha value is -0.810. The van der Waals surface area contributed by atoms with E-state index in [4.69, 9.17) is 5.73 Å². The molecular weight excluding hydrogens is 252 g/mol. The molecule has 70 valence electrons. The number of phenols is 1. The van der Waals surface area contributed by atoms with Crippen LogP contribution in [0.4, 0.5) is 5.69 Å². The molecule has 1 aromatic rings. The number of rotatable bonds is 1. The molecule has 0 aliphatic carbocycles.